The molecule has 3 aromatic rings. The van der Waals surface area contributed by atoms with Crippen LogP contribution in [-0.4, -0.2) is 34.7 Å². The van der Waals surface area contributed by atoms with Crippen molar-refractivity contribution in [3.63, 3.8) is 0 Å². The SMILES string of the molecule is CC(C)(C)OC(=O)N(CCOc1cccc2[nH]ccc12)Cc1cccc(N)c1. The maximum Gasteiger partial charge on any atom is 0.410 e. The van der Waals surface area contributed by atoms with Crippen LogP contribution >= 0.6 is 0 Å². The molecule has 0 atom stereocenters. The first-order valence-electron chi connectivity index (χ1n) is 9.33. The van der Waals surface area contributed by atoms with Gasteiger partial charge in [-0.3, -0.25) is 0 Å². The van der Waals surface area contributed by atoms with Crippen LogP contribution in [0.3, 0.4) is 0 Å². The van der Waals surface area contributed by atoms with E-state index in [4.69, 9.17) is 15.2 Å². The van der Waals surface area contributed by atoms with Gasteiger partial charge in [-0.25, -0.2) is 4.79 Å². The van der Waals surface area contributed by atoms with Crippen molar-refractivity contribution in [3.8, 4) is 5.75 Å². The van der Waals surface area contributed by atoms with Gasteiger partial charge in [0.15, 0.2) is 0 Å². The highest BCUT2D eigenvalue weighted by atomic mass is 16.6. The lowest BCUT2D eigenvalue weighted by molar-refractivity contribution is 0.0209. The number of H-pyrrole nitrogens is 1. The molecule has 0 saturated carbocycles. The van der Waals surface area contributed by atoms with Crippen molar-refractivity contribution in [1.82, 2.24) is 9.88 Å². The summed E-state index contributed by atoms with van der Waals surface area (Å²) in [5.41, 5.74) is 7.92. The average molecular weight is 381 g/mol. The minimum atomic E-state index is -0.567. The molecule has 2 aromatic carbocycles. The van der Waals surface area contributed by atoms with Crippen LogP contribution in [-0.2, 0) is 11.3 Å². The maximum atomic E-state index is 12.7. The van der Waals surface area contributed by atoms with Gasteiger partial charge in [-0.2, -0.15) is 0 Å². The molecule has 3 rings (SSSR count). The summed E-state index contributed by atoms with van der Waals surface area (Å²) in [7, 11) is 0. The minimum absolute atomic E-state index is 0.353. The van der Waals surface area contributed by atoms with E-state index in [1.54, 1.807) is 4.90 Å². The normalized spacial score (nSPS) is 11.4. The zero-order valence-corrected chi connectivity index (χ0v) is 16.6. The second-order valence-corrected chi connectivity index (χ2v) is 7.69. The highest BCUT2D eigenvalue weighted by molar-refractivity contribution is 5.85. The molecule has 0 aliphatic rings. The minimum Gasteiger partial charge on any atom is -0.491 e. The van der Waals surface area contributed by atoms with Crippen molar-refractivity contribution < 1.29 is 14.3 Å². The number of rotatable bonds is 6. The number of aromatic amines is 1. The van der Waals surface area contributed by atoms with Crippen LogP contribution in [0.15, 0.2) is 54.7 Å². The summed E-state index contributed by atoms with van der Waals surface area (Å²) in [6.45, 7) is 6.71. The molecule has 6 nitrogen and oxygen atoms in total. The van der Waals surface area contributed by atoms with E-state index in [1.165, 1.54) is 0 Å². The van der Waals surface area contributed by atoms with Gasteiger partial charge in [-0.1, -0.05) is 18.2 Å². The molecule has 0 aliphatic heterocycles. The number of carbonyl (C=O) groups is 1. The van der Waals surface area contributed by atoms with Crippen LogP contribution in [0.5, 0.6) is 5.75 Å². The Morgan fingerprint density at radius 2 is 1.93 bits per heavy atom. The molecule has 0 bridgehead atoms. The van der Waals surface area contributed by atoms with E-state index in [0.717, 1.165) is 22.2 Å². The first-order valence-corrected chi connectivity index (χ1v) is 9.33. The second kappa shape index (κ2) is 8.25. The third-order valence-electron chi connectivity index (χ3n) is 4.15. The smallest absolute Gasteiger partial charge is 0.410 e. The number of hydrogen-bond donors (Lipinski definition) is 2. The Balaban J connectivity index is 1.69. The lowest BCUT2D eigenvalue weighted by atomic mass is 10.2. The molecule has 1 aromatic heterocycles. The van der Waals surface area contributed by atoms with Crippen LogP contribution in [0, 0.1) is 0 Å². The number of aromatic nitrogens is 1. The van der Waals surface area contributed by atoms with Crippen LogP contribution in [0.25, 0.3) is 10.9 Å². The van der Waals surface area contributed by atoms with Crippen LogP contribution in [0.1, 0.15) is 26.3 Å². The molecule has 0 unspecified atom stereocenters. The fraction of sp³-hybridized carbons (Fsp3) is 0.318. The number of nitrogens with one attached hydrogen (secondary N) is 1. The summed E-state index contributed by atoms with van der Waals surface area (Å²) in [6, 6.07) is 15.3. The number of carbonyl (C=O) groups excluding carboxylic acids is 1. The van der Waals surface area contributed by atoms with E-state index >= 15 is 0 Å². The van der Waals surface area contributed by atoms with Gasteiger partial charge in [-0.15, -0.1) is 0 Å². The summed E-state index contributed by atoms with van der Waals surface area (Å²) in [5, 5.41) is 1.02. The predicted octanol–water partition coefficient (Wildman–Crippen LogP) is 4.57. The highest BCUT2D eigenvalue weighted by Gasteiger charge is 2.22. The summed E-state index contributed by atoms with van der Waals surface area (Å²) in [6.07, 6.45) is 1.50. The molecule has 3 N–H and O–H groups in total. The van der Waals surface area contributed by atoms with Gasteiger partial charge in [0.05, 0.1) is 6.54 Å². The number of hydrogen-bond acceptors (Lipinski definition) is 4. The quantitative estimate of drug-likeness (QED) is 0.613. The molecule has 1 amide bonds. The summed E-state index contributed by atoms with van der Waals surface area (Å²) in [4.78, 5) is 17.5. The molecule has 0 aliphatic carbocycles. The van der Waals surface area contributed by atoms with Gasteiger partial charge in [-0.05, 0) is 56.7 Å². The van der Waals surface area contributed by atoms with Gasteiger partial charge >= 0.3 is 6.09 Å². The predicted molar refractivity (Wildman–Crippen MR) is 111 cm³/mol. The van der Waals surface area contributed by atoms with Crippen LogP contribution < -0.4 is 10.5 Å². The second-order valence-electron chi connectivity index (χ2n) is 7.69. The molecule has 0 radical (unpaired) electrons. The molecule has 6 heteroatoms. The van der Waals surface area contributed by atoms with Crippen molar-refractivity contribution in [2.24, 2.45) is 0 Å². The molecule has 1 heterocycles. The Morgan fingerprint density at radius 1 is 1.14 bits per heavy atom. The van der Waals surface area contributed by atoms with Gasteiger partial charge in [0.25, 0.3) is 0 Å². The molecular weight excluding hydrogens is 354 g/mol. The average Bonchev–Trinajstić information content (AvgIpc) is 3.09. The Labute approximate surface area is 165 Å². The summed E-state index contributed by atoms with van der Waals surface area (Å²) >= 11 is 0. The zero-order valence-electron chi connectivity index (χ0n) is 16.6. The van der Waals surface area contributed by atoms with E-state index in [0.29, 0.717) is 25.4 Å². The first-order chi connectivity index (χ1) is 13.3. The summed E-state index contributed by atoms with van der Waals surface area (Å²) < 4.78 is 11.5. The number of fused-ring (bicyclic) bond motifs is 1. The topological polar surface area (TPSA) is 80.6 Å². The number of benzene rings is 2. The van der Waals surface area contributed by atoms with Gasteiger partial charge in [0.2, 0.25) is 0 Å². The van der Waals surface area contributed by atoms with Crippen molar-refractivity contribution in [3.05, 3.63) is 60.3 Å². The fourth-order valence-electron chi connectivity index (χ4n) is 2.92. The standard InChI is InChI=1S/C22H27N3O3/c1-22(2,3)28-21(26)25(15-16-6-4-7-17(23)14-16)12-13-27-20-9-5-8-19-18(20)10-11-24-19/h4-11,14,24H,12-13,15,23H2,1-3H3. The van der Waals surface area contributed by atoms with Crippen molar-refractivity contribution in [2.45, 2.75) is 32.9 Å². The largest absolute Gasteiger partial charge is 0.491 e. The fourth-order valence-corrected chi connectivity index (χ4v) is 2.92. The Bertz CT molecular complexity index is 943. The van der Waals surface area contributed by atoms with E-state index in [9.17, 15) is 4.79 Å². The number of nitrogen functional groups attached to an aromatic ring is 1. The molecule has 0 saturated heterocycles. The van der Waals surface area contributed by atoms with Gasteiger partial charge in [0.1, 0.15) is 18.0 Å². The third-order valence-corrected chi connectivity index (χ3v) is 4.15. The van der Waals surface area contributed by atoms with E-state index in [-0.39, 0.29) is 6.09 Å². The molecule has 0 spiro atoms. The van der Waals surface area contributed by atoms with Gasteiger partial charge in [0, 0.05) is 29.3 Å². The first kappa shape index (κ1) is 19.6. The van der Waals surface area contributed by atoms with Crippen molar-refractivity contribution in [2.75, 3.05) is 18.9 Å². The highest BCUT2D eigenvalue weighted by Crippen LogP contribution is 2.24. The van der Waals surface area contributed by atoms with E-state index in [1.807, 2.05) is 75.5 Å². The maximum absolute atomic E-state index is 12.7. The van der Waals surface area contributed by atoms with Gasteiger partial charge < -0.3 is 25.1 Å². The molecule has 148 valence electrons. The number of nitrogens with two attached hydrogens (primary N) is 1. The number of amides is 1. The Hall–Kier alpha value is -3.15. The van der Waals surface area contributed by atoms with Crippen molar-refractivity contribution in [1.29, 1.82) is 0 Å². The lowest BCUT2D eigenvalue weighted by Crippen LogP contribution is -2.38. The number of anilines is 1. The van der Waals surface area contributed by atoms with Crippen molar-refractivity contribution >= 4 is 22.7 Å². The lowest BCUT2D eigenvalue weighted by Gasteiger charge is -2.27. The molecular formula is C22H27N3O3. The van der Waals surface area contributed by atoms with Crippen LogP contribution in [0.2, 0.25) is 0 Å². The number of nitrogens with zero attached hydrogens (tertiary/aromatic N) is 1. The van der Waals surface area contributed by atoms with Crippen LogP contribution in [0.4, 0.5) is 10.5 Å². The van der Waals surface area contributed by atoms with E-state index < -0.39 is 5.60 Å². The Kier molecular flexibility index (Phi) is 5.78. The summed E-state index contributed by atoms with van der Waals surface area (Å²) in [5.74, 6) is 0.784. The molecule has 0 fully saturated rings. The zero-order chi connectivity index (χ0) is 20.1. The Morgan fingerprint density at radius 3 is 2.68 bits per heavy atom. The molecule has 28 heavy (non-hydrogen) atoms. The monoisotopic (exact) mass is 381 g/mol. The number of ether oxygens (including phenoxy) is 2. The van der Waals surface area contributed by atoms with E-state index in [2.05, 4.69) is 4.98 Å². The third kappa shape index (κ3) is 5.19.